The lowest BCUT2D eigenvalue weighted by atomic mass is 9.86. The first-order chi connectivity index (χ1) is 9.72. The van der Waals surface area contributed by atoms with Crippen molar-refractivity contribution in [3.63, 3.8) is 0 Å². The summed E-state index contributed by atoms with van der Waals surface area (Å²) >= 11 is 0. The molecule has 0 spiro atoms. The van der Waals surface area contributed by atoms with Gasteiger partial charge in [0.05, 0.1) is 18.1 Å². The molecule has 1 aromatic carbocycles. The van der Waals surface area contributed by atoms with Crippen molar-refractivity contribution in [2.24, 2.45) is 0 Å². The number of hydrogen-bond donors (Lipinski definition) is 1. The highest BCUT2D eigenvalue weighted by molar-refractivity contribution is 7.89. The number of benzene rings is 1. The summed E-state index contributed by atoms with van der Waals surface area (Å²) in [4.78, 5) is 0.243. The van der Waals surface area contributed by atoms with Gasteiger partial charge >= 0.3 is 0 Å². The lowest BCUT2D eigenvalue weighted by Crippen LogP contribution is -2.27. The van der Waals surface area contributed by atoms with Gasteiger partial charge in [-0.1, -0.05) is 20.8 Å². The highest BCUT2D eigenvalue weighted by atomic mass is 32.2. The summed E-state index contributed by atoms with van der Waals surface area (Å²) in [5.74, 6) is 0.723. The normalized spacial score (nSPS) is 12.4. The third-order valence-corrected chi connectivity index (χ3v) is 4.43. The highest BCUT2D eigenvalue weighted by Crippen LogP contribution is 2.33. The van der Waals surface area contributed by atoms with Gasteiger partial charge in [0.25, 0.3) is 0 Å². The summed E-state index contributed by atoms with van der Waals surface area (Å²) in [6.45, 7) is 9.11. The third-order valence-electron chi connectivity index (χ3n) is 2.97. The molecule has 1 rings (SSSR count). The van der Waals surface area contributed by atoms with Crippen molar-refractivity contribution in [3.05, 3.63) is 23.8 Å². The molecular weight excluding hydrogens is 290 g/mol. The molecule has 0 amide bonds. The van der Waals surface area contributed by atoms with Crippen molar-refractivity contribution in [3.8, 4) is 5.75 Å². The molecule has 0 atom stereocenters. The van der Waals surface area contributed by atoms with Gasteiger partial charge in [-0.25, -0.2) is 13.1 Å². The van der Waals surface area contributed by atoms with Crippen LogP contribution in [0.1, 0.15) is 33.3 Å². The summed E-state index contributed by atoms with van der Waals surface area (Å²) in [7, 11) is -2.00. The third kappa shape index (κ3) is 4.98. The van der Waals surface area contributed by atoms with Gasteiger partial charge in [0.2, 0.25) is 10.0 Å². The van der Waals surface area contributed by atoms with E-state index in [4.69, 9.17) is 9.47 Å². The number of sulfonamides is 1. The molecule has 0 heterocycles. The number of rotatable bonds is 7. The molecular formula is C15H25NO4S. The van der Waals surface area contributed by atoms with Crippen LogP contribution in [0.5, 0.6) is 5.75 Å². The molecule has 0 fully saturated rings. The fourth-order valence-corrected chi connectivity index (χ4v) is 2.94. The number of hydrogen-bond acceptors (Lipinski definition) is 4. The van der Waals surface area contributed by atoms with E-state index in [1.54, 1.807) is 18.2 Å². The molecule has 6 heteroatoms. The largest absolute Gasteiger partial charge is 0.494 e. The van der Waals surface area contributed by atoms with E-state index in [0.29, 0.717) is 13.2 Å². The van der Waals surface area contributed by atoms with Crippen molar-refractivity contribution < 1.29 is 17.9 Å². The van der Waals surface area contributed by atoms with Crippen LogP contribution in [0, 0.1) is 0 Å². The van der Waals surface area contributed by atoms with Crippen LogP contribution in [0.4, 0.5) is 0 Å². The van der Waals surface area contributed by atoms with Crippen LogP contribution in [-0.2, 0) is 20.2 Å². The van der Waals surface area contributed by atoms with Crippen LogP contribution < -0.4 is 9.46 Å². The lowest BCUT2D eigenvalue weighted by Gasteiger charge is -2.23. The molecule has 0 aromatic heterocycles. The van der Waals surface area contributed by atoms with Crippen LogP contribution in [-0.4, -0.2) is 35.3 Å². The summed E-state index contributed by atoms with van der Waals surface area (Å²) in [5, 5.41) is 0. The Bertz CT molecular complexity index is 562. The molecule has 120 valence electrons. The van der Waals surface area contributed by atoms with Crippen LogP contribution in [0.3, 0.4) is 0 Å². The van der Waals surface area contributed by atoms with E-state index >= 15 is 0 Å². The van der Waals surface area contributed by atoms with Crippen LogP contribution in [0.15, 0.2) is 23.1 Å². The quantitative estimate of drug-likeness (QED) is 0.784. The maximum Gasteiger partial charge on any atom is 0.240 e. The van der Waals surface area contributed by atoms with Gasteiger partial charge in [0, 0.05) is 19.2 Å². The monoisotopic (exact) mass is 315 g/mol. The van der Waals surface area contributed by atoms with Crippen molar-refractivity contribution in [2.75, 3.05) is 26.9 Å². The Morgan fingerprint density at radius 2 is 1.90 bits per heavy atom. The molecule has 0 aliphatic carbocycles. The Morgan fingerprint density at radius 1 is 1.24 bits per heavy atom. The Balaban J connectivity index is 3.16. The minimum atomic E-state index is -3.53. The topological polar surface area (TPSA) is 64.6 Å². The zero-order valence-corrected chi connectivity index (χ0v) is 14.2. The van der Waals surface area contributed by atoms with Gasteiger partial charge in [-0.15, -0.1) is 0 Å². The van der Waals surface area contributed by atoms with Crippen LogP contribution in [0.25, 0.3) is 0 Å². The molecule has 1 aromatic rings. The van der Waals surface area contributed by atoms with E-state index < -0.39 is 10.0 Å². The molecule has 0 bridgehead atoms. The molecule has 21 heavy (non-hydrogen) atoms. The maximum absolute atomic E-state index is 12.2. The molecule has 0 unspecified atom stereocenters. The average molecular weight is 315 g/mol. The van der Waals surface area contributed by atoms with Crippen LogP contribution in [0.2, 0.25) is 0 Å². The second-order valence-corrected chi connectivity index (χ2v) is 7.50. The van der Waals surface area contributed by atoms with E-state index in [1.165, 1.54) is 7.11 Å². The van der Waals surface area contributed by atoms with Crippen LogP contribution >= 0.6 is 0 Å². The molecule has 0 saturated carbocycles. The Kier molecular flexibility index (Phi) is 6.19. The van der Waals surface area contributed by atoms with Crippen molar-refractivity contribution in [1.82, 2.24) is 4.72 Å². The predicted octanol–water partition coefficient (Wildman–Crippen LogP) is 2.31. The molecule has 0 aliphatic rings. The van der Waals surface area contributed by atoms with Gasteiger partial charge in [-0.3, -0.25) is 0 Å². The predicted molar refractivity (Wildman–Crippen MR) is 83.4 cm³/mol. The summed E-state index contributed by atoms with van der Waals surface area (Å²) in [5.41, 5.74) is 0.668. The first-order valence-corrected chi connectivity index (χ1v) is 8.46. The molecule has 0 saturated heterocycles. The maximum atomic E-state index is 12.2. The molecule has 1 N–H and O–H groups in total. The first kappa shape index (κ1) is 17.9. The Labute approximate surface area is 127 Å². The summed E-state index contributed by atoms with van der Waals surface area (Å²) in [6, 6.07) is 4.96. The fourth-order valence-electron chi connectivity index (χ4n) is 1.91. The first-order valence-electron chi connectivity index (χ1n) is 6.98. The van der Waals surface area contributed by atoms with Gasteiger partial charge in [-0.05, 0) is 30.5 Å². The van der Waals surface area contributed by atoms with Crippen molar-refractivity contribution in [2.45, 2.75) is 38.0 Å². The summed E-state index contributed by atoms with van der Waals surface area (Å²) in [6.07, 6.45) is 0. The number of nitrogens with one attached hydrogen (secondary N) is 1. The Hall–Kier alpha value is -1.11. The molecule has 0 aliphatic heterocycles. The van der Waals surface area contributed by atoms with E-state index in [-0.39, 0.29) is 16.9 Å². The summed E-state index contributed by atoms with van der Waals surface area (Å²) < 4.78 is 37.5. The second kappa shape index (κ2) is 7.24. The zero-order chi connectivity index (χ0) is 16.1. The van der Waals surface area contributed by atoms with Crippen molar-refractivity contribution >= 4 is 10.0 Å². The fraction of sp³-hybridized carbons (Fsp3) is 0.600. The van der Waals surface area contributed by atoms with Gasteiger partial charge in [-0.2, -0.15) is 0 Å². The minimum Gasteiger partial charge on any atom is -0.494 e. The second-order valence-electron chi connectivity index (χ2n) is 5.73. The smallest absolute Gasteiger partial charge is 0.240 e. The average Bonchev–Trinajstić information content (AvgIpc) is 2.38. The number of methoxy groups -OCH3 is 1. The zero-order valence-electron chi connectivity index (χ0n) is 13.4. The van der Waals surface area contributed by atoms with E-state index in [0.717, 1.165) is 11.3 Å². The molecule has 5 nitrogen and oxygen atoms in total. The highest BCUT2D eigenvalue weighted by Gasteiger charge is 2.23. The van der Waals surface area contributed by atoms with Gasteiger partial charge in [0.15, 0.2) is 0 Å². The molecule has 0 radical (unpaired) electrons. The van der Waals surface area contributed by atoms with Gasteiger partial charge in [0.1, 0.15) is 5.75 Å². The van der Waals surface area contributed by atoms with E-state index in [1.807, 2.05) is 27.7 Å². The lowest BCUT2D eigenvalue weighted by molar-refractivity contribution is 0.204. The van der Waals surface area contributed by atoms with Gasteiger partial charge < -0.3 is 9.47 Å². The number of ether oxygens (including phenoxy) is 2. The minimum absolute atomic E-state index is 0.206. The SMILES string of the molecule is CCOc1ccc(S(=O)(=O)NCCOC)cc1C(C)(C)C. The van der Waals surface area contributed by atoms with E-state index in [9.17, 15) is 8.42 Å². The Morgan fingerprint density at radius 3 is 2.43 bits per heavy atom. The van der Waals surface area contributed by atoms with Crippen molar-refractivity contribution in [1.29, 1.82) is 0 Å². The van der Waals surface area contributed by atoms with E-state index in [2.05, 4.69) is 4.72 Å². The standard InChI is InChI=1S/C15H25NO4S/c1-6-20-14-8-7-12(11-13(14)15(2,3)4)21(17,18)16-9-10-19-5/h7-8,11,16H,6,9-10H2,1-5H3.